The number of aliphatic hydroxyl groups is 1. The van der Waals surface area contributed by atoms with E-state index in [-0.39, 0.29) is 24.9 Å². The number of amides is 1. The van der Waals surface area contributed by atoms with Crippen molar-refractivity contribution in [2.24, 2.45) is 0 Å². The minimum atomic E-state index is -0.860. The van der Waals surface area contributed by atoms with Crippen molar-refractivity contribution in [1.29, 1.82) is 0 Å². The number of hydrogen-bond acceptors (Lipinski definition) is 5. The SMILES string of the molecule is COC(=O)C[C@H](O)CN1CCN[C@@H](C)C1=O. The lowest BCUT2D eigenvalue weighted by atomic mass is 10.2. The molecule has 0 aromatic carbocycles. The summed E-state index contributed by atoms with van der Waals surface area (Å²) >= 11 is 0. The molecule has 1 aliphatic heterocycles. The maximum absolute atomic E-state index is 11.7. The summed E-state index contributed by atoms with van der Waals surface area (Å²) in [7, 11) is 1.27. The van der Waals surface area contributed by atoms with Crippen LogP contribution in [-0.2, 0) is 14.3 Å². The number of carbonyl (C=O) groups excluding carboxylic acids is 2. The lowest BCUT2D eigenvalue weighted by molar-refractivity contribution is -0.145. The normalized spacial score (nSPS) is 23.1. The molecule has 92 valence electrons. The summed E-state index contributed by atoms with van der Waals surface area (Å²) in [5, 5.41) is 12.6. The van der Waals surface area contributed by atoms with Gasteiger partial charge in [0.2, 0.25) is 5.91 Å². The van der Waals surface area contributed by atoms with Crippen LogP contribution in [0.15, 0.2) is 0 Å². The highest BCUT2D eigenvalue weighted by Gasteiger charge is 2.26. The Bertz CT molecular complexity index is 270. The van der Waals surface area contributed by atoms with E-state index in [4.69, 9.17) is 0 Å². The molecule has 1 fully saturated rings. The van der Waals surface area contributed by atoms with Gasteiger partial charge in [-0.1, -0.05) is 0 Å². The van der Waals surface area contributed by atoms with E-state index >= 15 is 0 Å². The van der Waals surface area contributed by atoms with Gasteiger partial charge >= 0.3 is 5.97 Å². The predicted octanol–water partition coefficient (Wildman–Crippen LogP) is -1.27. The second kappa shape index (κ2) is 5.81. The van der Waals surface area contributed by atoms with Crippen LogP contribution >= 0.6 is 0 Å². The zero-order chi connectivity index (χ0) is 12.1. The minimum Gasteiger partial charge on any atom is -0.469 e. The molecular formula is C10H18N2O4. The molecule has 0 aromatic heterocycles. The molecule has 1 aliphatic rings. The monoisotopic (exact) mass is 230 g/mol. The Morgan fingerprint density at radius 2 is 2.44 bits per heavy atom. The van der Waals surface area contributed by atoms with Crippen LogP contribution in [0.4, 0.5) is 0 Å². The van der Waals surface area contributed by atoms with Crippen molar-refractivity contribution in [1.82, 2.24) is 10.2 Å². The van der Waals surface area contributed by atoms with E-state index in [1.165, 1.54) is 7.11 Å². The molecule has 2 N–H and O–H groups in total. The lowest BCUT2D eigenvalue weighted by Gasteiger charge is -2.32. The van der Waals surface area contributed by atoms with Gasteiger partial charge < -0.3 is 20.1 Å². The fraction of sp³-hybridized carbons (Fsp3) is 0.800. The molecule has 0 radical (unpaired) electrons. The smallest absolute Gasteiger partial charge is 0.308 e. The quantitative estimate of drug-likeness (QED) is 0.589. The maximum atomic E-state index is 11.7. The van der Waals surface area contributed by atoms with Crippen LogP contribution in [-0.4, -0.2) is 60.8 Å². The van der Waals surface area contributed by atoms with E-state index in [1.54, 1.807) is 11.8 Å². The molecular weight excluding hydrogens is 212 g/mol. The third kappa shape index (κ3) is 3.46. The van der Waals surface area contributed by atoms with Crippen LogP contribution in [0.1, 0.15) is 13.3 Å². The summed E-state index contributed by atoms with van der Waals surface area (Å²) < 4.78 is 4.44. The van der Waals surface area contributed by atoms with E-state index in [9.17, 15) is 14.7 Å². The number of esters is 1. The van der Waals surface area contributed by atoms with Crippen molar-refractivity contribution in [3.8, 4) is 0 Å². The minimum absolute atomic E-state index is 0.0461. The first-order valence-corrected chi connectivity index (χ1v) is 5.31. The Hall–Kier alpha value is -1.14. The van der Waals surface area contributed by atoms with E-state index < -0.39 is 12.1 Å². The number of β-amino-alcohol motifs (C(OH)–C–C–N with tert-alkyl or cyclic N) is 1. The molecule has 16 heavy (non-hydrogen) atoms. The summed E-state index contributed by atoms with van der Waals surface area (Å²) in [5.74, 6) is -0.515. The van der Waals surface area contributed by atoms with Crippen LogP contribution in [0.25, 0.3) is 0 Å². The van der Waals surface area contributed by atoms with Crippen molar-refractivity contribution in [2.75, 3.05) is 26.7 Å². The van der Waals surface area contributed by atoms with Gasteiger partial charge in [-0.05, 0) is 6.92 Å². The van der Waals surface area contributed by atoms with Gasteiger partial charge in [-0.2, -0.15) is 0 Å². The molecule has 6 nitrogen and oxygen atoms in total. The average molecular weight is 230 g/mol. The molecule has 1 amide bonds. The number of rotatable bonds is 4. The topological polar surface area (TPSA) is 78.9 Å². The van der Waals surface area contributed by atoms with Crippen LogP contribution in [0, 0.1) is 0 Å². The number of ether oxygens (including phenoxy) is 1. The van der Waals surface area contributed by atoms with Gasteiger partial charge in [0.25, 0.3) is 0 Å². The van der Waals surface area contributed by atoms with Gasteiger partial charge in [0.05, 0.1) is 25.7 Å². The molecule has 1 saturated heterocycles. The van der Waals surface area contributed by atoms with E-state index in [0.29, 0.717) is 13.1 Å². The van der Waals surface area contributed by atoms with Crippen molar-refractivity contribution in [2.45, 2.75) is 25.5 Å². The Balaban J connectivity index is 2.40. The summed E-state index contributed by atoms with van der Waals surface area (Å²) in [4.78, 5) is 24.1. The van der Waals surface area contributed by atoms with E-state index in [1.807, 2.05) is 0 Å². The number of nitrogens with zero attached hydrogens (tertiary/aromatic N) is 1. The highest BCUT2D eigenvalue weighted by atomic mass is 16.5. The highest BCUT2D eigenvalue weighted by Crippen LogP contribution is 2.04. The average Bonchev–Trinajstić information content (AvgIpc) is 2.24. The molecule has 6 heteroatoms. The highest BCUT2D eigenvalue weighted by molar-refractivity contribution is 5.82. The Kier molecular flexibility index (Phi) is 4.70. The number of carbonyl (C=O) groups is 2. The van der Waals surface area contributed by atoms with Gasteiger partial charge in [0.1, 0.15) is 0 Å². The Morgan fingerprint density at radius 1 is 1.75 bits per heavy atom. The molecule has 0 bridgehead atoms. The van der Waals surface area contributed by atoms with Gasteiger partial charge in [-0.3, -0.25) is 9.59 Å². The first-order valence-electron chi connectivity index (χ1n) is 5.31. The largest absolute Gasteiger partial charge is 0.469 e. The Morgan fingerprint density at radius 3 is 3.06 bits per heavy atom. The molecule has 0 spiro atoms. The second-order valence-electron chi connectivity index (χ2n) is 3.89. The molecule has 1 rings (SSSR count). The summed E-state index contributed by atoms with van der Waals surface area (Å²) in [5.41, 5.74) is 0. The maximum Gasteiger partial charge on any atom is 0.308 e. The fourth-order valence-electron chi connectivity index (χ4n) is 1.66. The fourth-order valence-corrected chi connectivity index (χ4v) is 1.66. The lowest BCUT2D eigenvalue weighted by Crippen LogP contribution is -2.55. The zero-order valence-corrected chi connectivity index (χ0v) is 9.60. The van der Waals surface area contributed by atoms with Gasteiger partial charge in [0, 0.05) is 19.6 Å². The first-order chi connectivity index (χ1) is 7.54. The Labute approximate surface area is 94.6 Å². The summed E-state index contributed by atoms with van der Waals surface area (Å²) in [6.07, 6.45) is -0.941. The van der Waals surface area contributed by atoms with Gasteiger partial charge in [0.15, 0.2) is 0 Å². The van der Waals surface area contributed by atoms with Crippen LogP contribution in [0.3, 0.4) is 0 Å². The third-order valence-corrected chi connectivity index (χ3v) is 2.58. The molecule has 0 unspecified atom stereocenters. The summed E-state index contributed by atoms with van der Waals surface area (Å²) in [6, 6.07) is -0.223. The van der Waals surface area contributed by atoms with Crippen LogP contribution < -0.4 is 5.32 Å². The van der Waals surface area contributed by atoms with Crippen molar-refractivity contribution in [3.05, 3.63) is 0 Å². The van der Waals surface area contributed by atoms with E-state index in [2.05, 4.69) is 10.1 Å². The number of nitrogens with one attached hydrogen (secondary N) is 1. The van der Waals surface area contributed by atoms with Gasteiger partial charge in [-0.25, -0.2) is 0 Å². The van der Waals surface area contributed by atoms with E-state index in [0.717, 1.165) is 0 Å². The van der Waals surface area contributed by atoms with Gasteiger partial charge in [-0.15, -0.1) is 0 Å². The van der Waals surface area contributed by atoms with Crippen molar-refractivity contribution < 1.29 is 19.4 Å². The zero-order valence-electron chi connectivity index (χ0n) is 9.60. The van der Waals surface area contributed by atoms with Crippen molar-refractivity contribution >= 4 is 11.9 Å². The number of aliphatic hydroxyl groups excluding tert-OH is 1. The number of hydrogen-bond donors (Lipinski definition) is 2. The molecule has 0 aliphatic carbocycles. The molecule has 2 atom stereocenters. The molecule has 0 saturated carbocycles. The third-order valence-electron chi connectivity index (χ3n) is 2.58. The second-order valence-corrected chi connectivity index (χ2v) is 3.89. The van der Waals surface area contributed by atoms with Crippen LogP contribution in [0.2, 0.25) is 0 Å². The predicted molar refractivity (Wildman–Crippen MR) is 56.7 cm³/mol. The number of piperazine rings is 1. The standard InChI is InChI=1S/C10H18N2O4/c1-7-10(15)12(4-3-11-7)6-8(13)5-9(14)16-2/h7-8,11,13H,3-6H2,1-2H3/t7-,8-/m0/s1. The van der Waals surface area contributed by atoms with Crippen molar-refractivity contribution in [3.63, 3.8) is 0 Å². The molecule has 1 heterocycles. The molecule has 0 aromatic rings. The first kappa shape index (κ1) is 12.9. The van der Waals surface area contributed by atoms with Crippen LogP contribution in [0.5, 0.6) is 0 Å². The summed E-state index contributed by atoms with van der Waals surface area (Å²) in [6.45, 7) is 3.22. The number of methoxy groups -OCH3 is 1.